The Labute approximate surface area is 156 Å². The van der Waals surface area contributed by atoms with Crippen molar-refractivity contribution in [2.45, 2.75) is 33.6 Å². The number of benzene rings is 1. The van der Waals surface area contributed by atoms with Crippen molar-refractivity contribution in [1.82, 2.24) is 4.98 Å². The third kappa shape index (κ3) is 4.69. The fraction of sp³-hybridized carbons (Fsp3) is 0.389. The summed E-state index contributed by atoms with van der Waals surface area (Å²) >= 11 is 3.46. The van der Waals surface area contributed by atoms with Gasteiger partial charge in [0.2, 0.25) is 5.82 Å². The molecular weight excluding hydrogens is 384 g/mol. The standard InChI is InChI=1S/C18H23BrN4O2/c1-4-6-11-22(5-2)16-12-13(3)20-18(17(16)23(24)25)21-15-10-8-7-9-14(15)19/h7-10,12H,4-6,11H2,1-3H3,(H,20,21). The summed E-state index contributed by atoms with van der Waals surface area (Å²) in [7, 11) is 0. The number of hydrogen-bond donors (Lipinski definition) is 1. The molecule has 6 nitrogen and oxygen atoms in total. The normalized spacial score (nSPS) is 10.6. The summed E-state index contributed by atoms with van der Waals surface area (Å²) in [6, 6.07) is 9.29. The lowest BCUT2D eigenvalue weighted by Crippen LogP contribution is -2.25. The number of unbranched alkanes of at least 4 members (excludes halogenated alkanes) is 1. The first kappa shape index (κ1) is 19.2. The van der Waals surface area contributed by atoms with Crippen molar-refractivity contribution in [3.63, 3.8) is 0 Å². The number of para-hydroxylation sites is 1. The molecule has 0 aliphatic carbocycles. The van der Waals surface area contributed by atoms with Crippen molar-refractivity contribution in [1.29, 1.82) is 0 Å². The molecule has 0 spiro atoms. The SMILES string of the molecule is CCCCN(CC)c1cc(C)nc(Nc2ccccc2Br)c1[N+](=O)[O-]. The van der Waals surface area contributed by atoms with Gasteiger partial charge in [-0.05, 0) is 54.4 Å². The van der Waals surface area contributed by atoms with Gasteiger partial charge in [0.25, 0.3) is 0 Å². The molecule has 7 heteroatoms. The Kier molecular flexibility index (Phi) is 6.75. The quantitative estimate of drug-likeness (QED) is 0.467. The monoisotopic (exact) mass is 406 g/mol. The zero-order chi connectivity index (χ0) is 18.4. The summed E-state index contributed by atoms with van der Waals surface area (Å²) in [6.45, 7) is 7.46. The number of halogens is 1. The number of aromatic nitrogens is 1. The predicted molar refractivity (Wildman–Crippen MR) is 106 cm³/mol. The van der Waals surface area contributed by atoms with Crippen LogP contribution in [0.5, 0.6) is 0 Å². The number of nitrogens with zero attached hydrogens (tertiary/aromatic N) is 3. The first-order valence-electron chi connectivity index (χ1n) is 8.40. The lowest BCUT2D eigenvalue weighted by molar-refractivity contribution is -0.383. The van der Waals surface area contributed by atoms with Gasteiger partial charge >= 0.3 is 5.69 Å². The first-order chi connectivity index (χ1) is 12.0. The van der Waals surface area contributed by atoms with Crippen molar-refractivity contribution in [3.05, 3.63) is 50.6 Å². The highest BCUT2D eigenvalue weighted by Gasteiger charge is 2.26. The van der Waals surface area contributed by atoms with Crippen molar-refractivity contribution in [2.24, 2.45) is 0 Å². The van der Waals surface area contributed by atoms with Crippen LogP contribution in [0, 0.1) is 17.0 Å². The average molecular weight is 407 g/mol. The van der Waals surface area contributed by atoms with Crippen molar-refractivity contribution in [3.8, 4) is 0 Å². The highest BCUT2D eigenvalue weighted by Crippen LogP contribution is 2.37. The minimum Gasteiger partial charge on any atom is -0.366 e. The fourth-order valence-corrected chi connectivity index (χ4v) is 3.03. The van der Waals surface area contributed by atoms with Crippen LogP contribution in [0.1, 0.15) is 32.4 Å². The molecule has 2 aromatic rings. The molecule has 0 bridgehead atoms. The second-order valence-corrected chi connectivity index (χ2v) is 6.63. The molecule has 1 aromatic carbocycles. The smallest absolute Gasteiger partial charge is 0.334 e. The Morgan fingerprint density at radius 1 is 1.32 bits per heavy atom. The van der Waals surface area contributed by atoms with Gasteiger partial charge < -0.3 is 10.2 Å². The van der Waals surface area contributed by atoms with Gasteiger partial charge in [-0.2, -0.15) is 0 Å². The van der Waals surface area contributed by atoms with E-state index in [-0.39, 0.29) is 16.4 Å². The van der Waals surface area contributed by atoms with Crippen molar-refractivity contribution >= 4 is 38.8 Å². The molecule has 1 N–H and O–H groups in total. The maximum Gasteiger partial charge on any atom is 0.334 e. The molecule has 0 radical (unpaired) electrons. The highest BCUT2D eigenvalue weighted by molar-refractivity contribution is 9.10. The van der Waals surface area contributed by atoms with Gasteiger partial charge in [-0.1, -0.05) is 25.5 Å². The maximum absolute atomic E-state index is 11.8. The first-order valence-corrected chi connectivity index (χ1v) is 9.19. The Bertz CT molecular complexity index is 752. The highest BCUT2D eigenvalue weighted by atomic mass is 79.9. The minimum atomic E-state index is -0.352. The molecule has 0 fully saturated rings. The summed E-state index contributed by atoms with van der Waals surface area (Å²) < 4.78 is 0.826. The third-order valence-corrected chi connectivity index (χ3v) is 4.61. The summed E-state index contributed by atoms with van der Waals surface area (Å²) in [5.41, 5.74) is 2.11. The summed E-state index contributed by atoms with van der Waals surface area (Å²) in [6.07, 6.45) is 2.02. The van der Waals surface area contributed by atoms with E-state index in [9.17, 15) is 10.1 Å². The fourth-order valence-electron chi connectivity index (χ4n) is 2.65. The van der Waals surface area contributed by atoms with Crippen LogP contribution in [-0.4, -0.2) is 23.0 Å². The van der Waals surface area contributed by atoms with Crippen LogP contribution in [0.4, 0.5) is 22.9 Å². The van der Waals surface area contributed by atoms with Gasteiger partial charge in [-0.15, -0.1) is 0 Å². The number of nitrogens with one attached hydrogen (secondary N) is 1. The molecule has 0 amide bonds. The zero-order valence-electron chi connectivity index (χ0n) is 14.8. The molecule has 1 heterocycles. The predicted octanol–water partition coefficient (Wildman–Crippen LogP) is 5.43. The summed E-state index contributed by atoms with van der Waals surface area (Å²) in [5.74, 6) is 0.266. The van der Waals surface area contributed by atoms with Crippen LogP contribution in [0.15, 0.2) is 34.8 Å². The van der Waals surface area contributed by atoms with Gasteiger partial charge in [-0.3, -0.25) is 10.1 Å². The molecule has 25 heavy (non-hydrogen) atoms. The lowest BCUT2D eigenvalue weighted by atomic mass is 10.2. The van der Waals surface area contributed by atoms with Crippen LogP contribution in [0.2, 0.25) is 0 Å². The number of rotatable bonds is 8. The summed E-state index contributed by atoms with van der Waals surface area (Å²) in [4.78, 5) is 17.9. The third-order valence-electron chi connectivity index (χ3n) is 3.91. The van der Waals surface area contributed by atoms with Gasteiger partial charge in [-0.25, -0.2) is 4.98 Å². The summed E-state index contributed by atoms with van der Waals surface area (Å²) in [5, 5.41) is 14.9. The van der Waals surface area contributed by atoms with E-state index in [2.05, 4.69) is 33.2 Å². The van der Waals surface area contributed by atoms with Crippen LogP contribution in [0.25, 0.3) is 0 Å². The molecule has 0 aliphatic heterocycles. The molecule has 0 atom stereocenters. The number of anilines is 3. The molecular formula is C18H23BrN4O2. The average Bonchev–Trinajstić information content (AvgIpc) is 2.57. The van der Waals surface area contributed by atoms with Crippen LogP contribution >= 0.6 is 15.9 Å². The lowest BCUT2D eigenvalue weighted by Gasteiger charge is -2.24. The van der Waals surface area contributed by atoms with Gasteiger partial charge in [0.1, 0.15) is 5.69 Å². The van der Waals surface area contributed by atoms with E-state index < -0.39 is 0 Å². The Morgan fingerprint density at radius 3 is 2.64 bits per heavy atom. The maximum atomic E-state index is 11.8. The Morgan fingerprint density at radius 2 is 2.04 bits per heavy atom. The Balaban J connectivity index is 2.52. The number of nitro groups is 1. The van der Waals surface area contributed by atoms with Gasteiger partial charge in [0.05, 0.1) is 10.6 Å². The van der Waals surface area contributed by atoms with E-state index in [1.54, 1.807) is 6.07 Å². The van der Waals surface area contributed by atoms with Crippen LogP contribution in [0.3, 0.4) is 0 Å². The van der Waals surface area contributed by atoms with Crippen molar-refractivity contribution < 1.29 is 4.92 Å². The number of aryl methyl sites for hydroxylation is 1. The van der Waals surface area contributed by atoms with Gasteiger partial charge in [0.15, 0.2) is 0 Å². The van der Waals surface area contributed by atoms with E-state index in [0.29, 0.717) is 12.2 Å². The largest absolute Gasteiger partial charge is 0.366 e. The molecule has 0 unspecified atom stereocenters. The van der Waals surface area contributed by atoms with E-state index in [1.165, 1.54) is 0 Å². The second kappa shape index (κ2) is 8.80. The van der Waals surface area contributed by atoms with Crippen LogP contribution in [-0.2, 0) is 0 Å². The molecule has 134 valence electrons. The molecule has 0 saturated carbocycles. The van der Waals surface area contributed by atoms with Gasteiger partial charge in [0, 0.05) is 23.3 Å². The zero-order valence-corrected chi connectivity index (χ0v) is 16.3. The molecule has 2 rings (SSSR count). The molecule has 1 aromatic heterocycles. The van der Waals surface area contributed by atoms with Crippen molar-refractivity contribution in [2.75, 3.05) is 23.3 Å². The number of pyridine rings is 1. The number of hydrogen-bond acceptors (Lipinski definition) is 5. The second-order valence-electron chi connectivity index (χ2n) is 5.78. The molecule has 0 saturated heterocycles. The van der Waals surface area contributed by atoms with E-state index in [4.69, 9.17) is 0 Å². The van der Waals surface area contributed by atoms with E-state index in [1.807, 2.05) is 43.0 Å². The van der Waals surface area contributed by atoms with Crippen LogP contribution < -0.4 is 10.2 Å². The minimum absolute atomic E-state index is 0.0132. The topological polar surface area (TPSA) is 71.3 Å². The van der Waals surface area contributed by atoms with E-state index >= 15 is 0 Å². The van der Waals surface area contributed by atoms with E-state index in [0.717, 1.165) is 35.2 Å². The molecule has 0 aliphatic rings. The Hall–Kier alpha value is -2.15.